The van der Waals surface area contributed by atoms with E-state index in [-0.39, 0.29) is 18.4 Å². The summed E-state index contributed by atoms with van der Waals surface area (Å²) in [6.45, 7) is 6.77. The summed E-state index contributed by atoms with van der Waals surface area (Å²) in [5.74, 6) is -0.0439. The monoisotopic (exact) mass is 693 g/mol. The molecule has 2 aliphatic rings. The number of halogens is 2. The van der Waals surface area contributed by atoms with Gasteiger partial charge in [0.1, 0.15) is 11.4 Å². The Labute approximate surface area is 294 Å². The highest BCUT2D eigenvalue weighted by Gasteiger charge is 2.27. The molecular weight excluding hydrogens is 657 g/mol. The number of aliphatic hydroxyl groups excluding tert-OH is 1. The van der Waals surface area contributed by atoms with E-state index in [4.69, 9.17) is 23.2 Å². The van der Waals surface area contributed by atoms with Gasteiger partial charge in [-0.25, -0.2) is 0 Å². The van der Waals surface area contributed by atoms with Crippen LogP contribution >= 0.6 is 23.2 Å². The number of carbonyl (C=O) groups excluding carboxylic acids is 2. The van der Waals surface area contributed by atoms with Gasteiger partial charge in [0.2, 0.25) is 0 Å². The normalized spacial score (nSPS) is 13.8. The lowest BCUT2D eigenvalue weighted by atomic mass is 10.0. The van der Waals surface area contributed by atoms with Gasteiger partial charge in [-0.2, -0.15) is 0 Å². The molecule has 0 saturated heterocycles. The number of amides is 2. The van der Waals surface area contributed by atoms with E-state index in [0.29, 0.717) is 28.8 Å². The van der Waals surface area contributed by atoms with Crippen LogP contribution in [0.25, 0.3) is 44.1 Å². The van der Waals surface area contributed by atoms with Crippen LogP contribution in [0.4, 0.5) is 5.69 Å². The highest BCUT2D eigenvalue weighted by molar-refractivity contribution is 6.32. The van der Waals surface area contributed by atoms with Crippen molar-refractivity contribution in [2.75, 3.05) is 32.1 Å². The molecule has 6 aromatic rings. The number of fused-ring (bicyclic) bond motifs is 6. The number of carbonyl (C=O) groups is 2. The van der Waals surface area contributed by atoms with E-state index < -0.39 is 0 Å². The van der Waals surface area contributed by atoms with Gasteiger partial charge in [-0.3, -0.25) is 9.59 Å². The number of hydrogen-bond acceptors (Lipinski definition) is 4. The molecule has 0 atom stereocenters. The Hall–Kier alpha value is -4.76. The lowest BCUT2D eigenvalue weighted by Crippen LogP contribution is -2.35. The first-order valence-electron chi connectivity index (χ1n) is 16.3. The van der Waals surface area contributed by atoms with Crippen LogP contribution in [0.1, 0.15) is 37.7 Å². The van der Waals surface area contributed by atoms with Gasteiger partial charge < -0.3 is 29.8 Å². The summed E-state index contributed by atoms with van der Waals surface area (Å²) in [4.78, 5) is 26.7. The molecule has 0 radical (unpaired) electrons. The van der Waals surface area contributed by atoms with E-state index in [0.717, 1.165) is 85.2 Å². The molecule has 2 aromatic heterocycles. The fraction of sp³-hybridized carbons (Fsp3) is 0.231. The number of nitrogens with one attached hydrogen (secondary N) is 2. The molecule has 8 nitrogen and oxygen atoms in total. The van der Waals surface area contributed by atoms with Crippen LogP contribution in [-0.4, -0.2) is 53.2 Å². The summed E-state index contributed by atoms with van der Waals surface area (Å²) in [5.41, 5.74) is 11.7. The van der Waals surface area contributed by atoms with Crippen molar-refractivity contribution in [3.05, 3.63) is 111 Å². The van der Waals surface area contributed by atoms with Crippen molar-refractivity contribution in [3.63, 3.8) is 0 Å². The van der Waals surface area contributed by atoms with Gasteiger partial charge in [0.25, 0.3) is 11.8 Å². The molecule has 0 saturated carbocycles. The summed E-state index contributed by atoms with van der Waals surface area (Å²) < 4.78 is 4.23. The molecular formula is C39H37Cl2N5O3. The van der Waals surface area contributed by atoms with E-state index in [1.165, 1.54) is 0 Å². The summed E-state index contributed by atoms with van der Waals surface area (Å²) in [6.07, 6.45) is 0. The molecule has 3 N–H and O–H groups in total. The van der Waals surface area contributed by atoms with Gasteiger partial charge in [0, 0.05) is 77.9 Å². The van der Waals surface area contributed by atoms with Crippen molar-refractivity contribution < 1.29 is 14.7 Å². The molecule has 8 rings (SSSR count). The lowest BCUT2D eigenvalue weighted by molar-refractivity contribution is 0.0920. The second-order valence-corrected chi connectivity index (χ2v) is 13.6. The number of aromatic nitrogens is 2. The van der Waals surface area contributed by atoms with E-state index in [1.54, 1.807) is 0 Å². The minimum absolute atomic E-state index is 0.00928. The number of nitrogens with zero attached hydrogens (tertiary/aromatic N) is 3. The number of anilines is 1. The van der Waals surface area contributed by atoms with Crippen molar-refractivity contribution in [3.8, 4) is 22.3 Å². The SMILES string of the molecule is Cc1c2n(c3c(-c4ccc(CO)cc4)cc(Cl)cc13)CCNC2=O.Cc1c2n(c3c(-c4ccc(N(C)C)cc4)cc(Cl)cc13)CCNC2=O. The minimum atomic E-state index is -0.0346. The molecule has 0 spiro atoms. The van der Waals surface area contributed by atoms with Gasteiger partial charge >= 0.3 is 0 Å². The topological polar surface area (TPSA) is 91.5 Å². The van der Waals surface area contributed by atoms with Crippen molar-refractivity contribution in [1.29, 1.82) is 0 Å². The largest absolute Gasteiger partial charge is 0.392 e. The van der Waals surface area contributed by atoms with E-state index in [2.05, 4.69) is 48.9 Å². The average Bonchev–Trinajstić information content (AvgIpc) is 3.55. The molecule has 10 heteroatoms. The number of aryl methyl sites for hydroxylation is 2. The Bertz CT molecular complexity index is 2270. The first-order valence-corrected chi connectivity index (χ1v) is 17.0. The minimum Gasteiger partial charge on any atom is -0.392 e. The maximum Gasteiger partial charge on any atom is 0.268 e. The Kier molecular flexibility index (Phi) is 8.65. The third kappa shape index (κ3) is 5.73. The maximum atomic E-state index is 12.4. The van der Waals surface area contributed by atoms with Gasteiger partial charge in [0.15, 0.2) is 0 Å². The highest BCUT2D eigenvalue weighted by Crippen LogP contribution is 2.39. The zero-order valence-corrected chi connectivity index (χ0v) is 29.3. The third-order valence-electron chi connectivity index (χ3n) is 9.56. The number of benzene rings is 4. The van der Waals surface area contributed by atoms with Crippen LogP contribution in [0.5, 0.6) is 0 Å². The van der Waals surface area contributed by atoms with Crippen molar-refractivity contribution in [2.45, 2.75) is 33.5 Å². The first-order chi connectivity index (χ1) is 23.6. The fourth-order valence-corrected chi connectivity index (χ4v) is 7.60. The molecule has 2 amide bonds. The molecule has 0 fully saturated rings. The first kappa shape index (κ1) is 32.8. The van der Waals surface area contributed by atoms with Gasteiger partial charge in [-0.05, 0) is 78.1 Å². The molecule has 250 valence electrons. The predicted octanol–water partition coefficient (Wildman–Crippen LogP) is 7.59. The van der Waals surface area contributed by atoms with Crippen molar-refractivity contribution in [2.24, 2.45) is 0 Å². The molecule has 0 aliphatic carbocycles. The van der Waals surface area contributed by atoms with E-state index >= 15 is 0 Å². The number of hydrogen-bond donors (Lipinski definition) is 3. The third-order valence-corrected chi connectivity index (χ3v) is 10.00. The van der Waals surface area contributed by atoms with Gasteiger partial charge in [0.05, 0.1) is 17.6 Å². The van der Waals surface area contributed by atoms with E-state index in [9.17, 15) is 14.7 Å². The average molecular weight is 695 g/mol. The van der Waals surface area contributed by atoms with Crippen LogP contribution in [0.15, 0.2) is 72.8 Å². The summed E-state index contributed by atoms with van der Waals surface area (Å²) >= 11 is 12.8. The summed E-state index contributed by atoms with van der Waals surface area (Å²) in [7, 11) is 4.05. The number of aliphatic hydroxyl groups is 1. The van der Waals surface area contributed by atoms with Crippen LogP contribution in [0, 0.1) is 13.8 Å². The molecule has 2 aliphatic heterocycles. The predicted molar refractivity (Wildman–Crippen MR) is 199 cm³/mol. The maximum absolute atomic E-state index is 12.4. The van der Waals surface area contributed by atoms with Crippen LogP contribution in [0.3, 0.4) is 0 Å². The standard InChI is InChI=1S/C20H20ClN3O.C19H17ClN2O2/c1-12-16-10-14(21)11-17(13-4-6-15(7-5-13)23(2)3)19(16)24-9-8-22-20(25)18(12)24;1-11-15-8-14(20)9-16(13-4-2-12(10-23)3-5-13)18(15)22-7-6-21-19(24)17(11)22/h4-7,10-11H,8-9H2,1-3H3,(H,22,25);2-5,8-9,23H,6-7,10H2,1H3,(H,21,24). The molecule has 4 aromatic carbocycles. The van der Waals surface area contributed by atoms with Gasteiger partial charge in [-0.1, -0.05) is 59.6 Å². The molecule has 0 bridgehead atoms. The Morgan fingerprint density at radius 1 is 0.694 bits per heavy atom. The molecule has 49 heavy (non-hydrogen) atoms. The van der Waals surface area contributed by atoms with Crippen LogP contribution < -0.4 is 15.5 Å². The van der Waals surface area contributed by atoms with E-state index in [1.807, 2.05) is 76.5 Å². The second-order valence-electron chi connectivity index (χ2n) is 12.8. The summed E-state index contributed by atoms with van der Waals surface area (Å²) in [5, 5.41) is 18.5. The Balaban J connectivity index is 0.000000154. The quantitative estimate of drug-likeness (QED) is 0.178. The van der Waals surface area contributed by atoms with Gasteiger partial charge in [-0.15, -0.1) is 0 Å². The van der Waals surface area contributed by atoms with Crippen molar-refractivity contribution >= 4 is 62.5 Å². The van der Waals surface area contributed by atoms with Crippen molar-refractivity contribution in [1.82, 2.24) is 19.8 Å². The van der Waals surface area contributed by atoms with Crippen LogP contribution in [0.2, 0.25) is 10.0 Å². The lowest BCUT2D eigenvalue weighted by Gasteiger charge is -2.19. The zero-order valence-electron chi connectivity index (χ0n) is 27.8. The molecule has 4 heterocycles. The van der Waals surface area contributed by atoms with Crippen LogP contribution in [-0.2, 0) is 19.7 Å². The Morgan fingerprint density at radius 3 is 1.53 bits per heavy atom. The number of rotatable bonds is 4. The smallest absolute Gasteiger partial charge is 0.268 e. The Morgan fingerprint density at radius 2 is 1.12 bits per heavy atom. The molecule has 0 unspecified atom stereocenters. The summed E-state index contributed by atoms with van der Waals surface area (Å²) in [6, 6.07) is 24.0. The fourth-order valence-electron chi connectivity index (χ4n) is 7.17. The zero-order chi connectivity index (χ0) is 34.6. The second kappa shape index (κ2) is 12.9. The highest BCUT2D eigenvalue weighted by atomic mass is 35.5.